The van der Waals surface area contributed by atoms with Gasteiger partial charge in [-0.1, -0.05) is 53.7 Å². The first-order chi connectivity index (χ1) is 19.9. The number of carbonyl (C=O) groups is 2. The summed E-state index contributed by atoms with van der Waals surface area (Å²) in [5, 5.41) is 17.4. The third kappa shape index (κ3) is 7.15. The predicted octanol–water partition coefficient (Wildman–Crippen LogP) is 3.54. The first kappa shape index (κ1) is 28.0. The Hall–Kier alpha value is -4.57. The summed E-state index contributed by atoms with van der Waals surface area (Å²) < 4.78 is 22.1. The van der Waals surface area contributed by atoms with Crippen molar-refractivity contribution in [1.29, 1.82) is 0 Å². The maximum Gasteiger partial charge on any atom is 0.227 e. The number of ether oxygens (including phenoxy) is 1. The van der Waals surface area contributed by atoms with Crippen molar-refractivity contribution in [2.45, 2.75) is 44.9 Å². The van der Waals surface area contributed by atoms with E-state index >= 15 is 4.39 Å². The zero-order valence-electron chi connectivity index (χ0n) is 23.1. The van der Waals surface area contributed by atoms with Crippen molar-refractivity contribution in [3.8, 4) is 16.9 Å². The minimum Gasteiger partial charge on any atom is -0.497 e. The average Bonchev–Trinajstić information content (AvgIpc) is 3.58. The highest BCUT2D eigenvalue weighted by atomic mass is 19.1. The van der Waals surface area contributed by atoms with Crippen LogP contribution in [0.2, 0.25) is 0 Å². The van der Waals surface area contributed by atoms with Crippen molar-refractivity contribution in [3.05, 3.63) is 101 Å². The molecule has 1 saturated heterocycles. The van der Waals surface area contributed by atoms with Crippen LogP contribution < -0.4 is 20.7 Å². The van der Waals surface area contributed by atoms with Crippen LogP contribution in [0.25, 0.3) is 11.1 Å². The Bertz CT molecular complexity index is 1500. The van der Waals surface area contributed by atoms with Crippen LogP contribution in [0.4, 0.5) is 4.39 Å². The Labute approximate surface area is 238 Å². The molecule has 2 atom stereocenters. The molecule has 1 aliphatic heterocycles. The fourth-order valence-electron chi connectivity index (χ4n) is 4.98. The summed E-state index contributed by atoms with van der Waals surface area (Å²) in [6.45, 7) is 3.63. The van der Waals surface area contributed by atoms with Gasteiger partial charge in [0.1, 0.15) is 11.6 Å². The van der Waals surface area contributed by atoms with E-state index in [4.69, 9.17) is 4.74 Å². The average molecular weight is 557 g/mol. The van der Waals surface area contributed by atoms with Gasteiger partial charge in [-0.25, -0.2) is 9.07 Å². The topological polar surface area (TPSA) is 110 Å². The van der Waals surface area contributed by atoms with E-state index in [1.54, 1.807) is 23.9 Å². The predicted molar refractivity (Wildman–Crippen MR) is 152 cm³/mol. The highest BCUT2D eigenvalue weighted by Gasteiger charge is 2.33. The molecule has 3 aromatic carbocycles. The van der Waals surface area contributed by atoms with Crippen LogP contribution in [-0.2, 0) is 29.2 Å². The second kappa shape index (κ2) is 12.7. The SMILES string of the molecule is COc1ccc(Cn2cc(CNCc3ccc(-c4ccc(C5C[C@@H](CNC(C)=O)NC5=O)cc4F)cc3)nn2)cc1. The minimum absolute atomic E-state index is 0.148. The van der Waals surface area contributed by atoms with Gasteiger partial charge in [0.2, 0.25) is 11.8 Å². The lowest BCUT2D eigenvalue weighted by Crippen LogP contribution is -2.37. The highest BCUT2D eigenvalue weighted by Crippen LogP contribution is 2.31. The summed E-state index contributed by atoms with van der Waals surface area (Å²) in [7, 11) is 1.65. The number of carbonyl (C=O) groups excluding carboxylic acids is 2. The highest BCUT2D eigenvalue weighted by molar-refractivity contribution is 5.86. The molecule has 4 aromatic rings. The molecule has 0 aliphatic carbocycles. The Morgan fingerprint density at radius 3 is 2.54 bits per heavy atom. The standard InChI is InChI=1S/C31H33FN6O3/c1-20(39)34-17-25-14-29(31(40)35-25)24-9-12-28(30(32)13-24)23-7-3-21(4-8-23)15-33-16-26-19-38(37-36-26)18-22-5-10-27(41-2)11-6-22/h3-13,19,25,29,33H,14-18H2,1-2H3,(H,34,39)(H,35,40)/t25-,29?/m0/s1. The lowest BCUT2D eigenvalue weighted by Gasteiger charge is -2.12. The van der Waals surface area contributed by atoms with Gasteiger partial charge in [-0.05, 0) is 46.9 Å². The van der Waals surface area contributed by atoms with Gasteiger partial charge in [-0.2, -0.15) is 0 Å². The van der Waals surface area contributed by atoms with Gasteiger partial charge in [0, 0.05) is 38.2 Å². The van der Waals surface area contributed by atoms with Crippen LogP contribution in [-0.4, -0.2) is 46.5 Å². The number of nitrogens with one attached hydrogen (secondary N) is 3. The smallest absolute Gasteiger partial charge is 0.227 e. The second-order valence-corrected chi connectivity index (χ2v) is 10.2. The van der Waals surface area contributed by atoms with E-state index in [2.05, 4.69) is 26.3 Å². The van der Waals surface area contributed by atoms with E-state index in [0.29, 0.717) is 43.7 Å². The molecule has 0 saturated carbocycles. The summed E-state index contributed by atoms with van der Waals surface area (Å²) in [6.07, 6.45) is 2.43. The third-order valence-electron chi connectivity index (χ3n) is 7.17. The molecule has 9 nitrogen and oxygen atoms in total. The Balaban J connectivity index is 1.13. The minimum atomic E-state index is -0.435. The van der Waals surface area contributed by atoms with E-state index in [1.165, 1.54) is 13.0 Å². The van der Waals surface area contributed by atoms with E-state index in [0.717, 1.165) is 28.1 Å². The fourth-order valence-corrected chi connectivity index (χ4v) is 4.98. The summed E-state index contributed by atoms with van der Waals surface area (Å²) in [5.74, 6) is -0.285. The molecular weight excluding hydrogens is 523 g/mol. The molecule has 5 rings (SSSR count). The molecule has 2 heterocycles. The summed E-state index contributed by atoms with van der Waals surface area (Å²) >= 11 is 0. The van der Waals surface area contributed by atoms with Crippen molar-refractivity contribution in [3.63, 3.8) is 0 Å². The van der Waals surface area contributed by atoms with Crippen LogP contribution in [0.5, 0.6) is 5.75 Å². The van der Waals surface area contributed by atoms with Crippen LogP contribution in [0, 0.1) is 5.82 Å². The number of amides is 2. The van der Waals surface area contributed by atoms with Crippen molar-refractivity contribution in [2.75, 3.05) is 13.7 Å². The normalized spacial score (nSPS) is 16.4. The van der Waals surface area contributed by atoms with Gasteiger partial charge in [0.15, 0.2) is 0 Å². The summed E-state index contributed by atoms with van der Waals surface area (Å²) in [5.41, 5.74) is 4.89. The zero-order chi connectivity index (χ0) is 28.8. The number of hydrogen-bond acceptors (Lipinski definition) is 6. The lowest BCUT2D eigenvalue weighted by atomic mass is 9.93. The first-order valence-electron chi connectivity index (χ1n) is 13.5. The molecule has 41 heavy (non-hydrogen) atoms. The molecule has 1 aromatic heterocycles. The number of benzene rings is 3. The summed E-state index contributed by atoms with van der Waals surface area (Å²) in [6, 6.07) is 20.4. The summed E-state index contributed by atoms with van der Waals surface area (Å²) in [4.78, 5) is 23.6. The Kier molecular flexibility index (Phi) is 8.69. The molecule has 1 unspecified atom stereocenters. The van der Waals surface area contributed by atoms with Crippen LogP contribution in [0.15, 0.2) is 72.9 Å². The largest absolute Gasteiger partial charge is 0.497 e. The molecule has 0 spiro atoms. The number of methoxy groups -OCH3 is 1. The molecule has 212 valence electrons. The van der Waals surface area contributed by atoms with Crippen molar-refractivity contribution < 1.29 is 18.7 Å². The van der Waals surface area contributed by atoms with E-state index < -0.39 is 5.92 Å². The number of aromatic nitrogens is 3. The zero-order valence-corrected chi connectivity index (χ0v) is 23.1. The first-order valence-corrected chi connectivity index (χ1v) is 13.5. The fraction of sp³-hybridized carbons (Fsp3) is 0.290. The number of halogens is 1. The monoisotopic (exact) mass is 556 g/mol. The Morgan fingerprint density at radius 1 is 1.07 bits per heavy atom. The van der Waals surface area contributed by atoms with Crippen LogP contribution in [0.3, 0.4) is 0 Å². The van der Waals surface area contributed by atoms with Crippen LogP contribution in [0.1, 0.15) is 41.6 Å². The molecule has 0 radical (unpaired) electrons. The van der Waals surface area contributed by atoms with Crippen molar-refractivity contribution in [1.82, 2.24) is 30.9 Å². The molecule has 10 heteroatoms. The number of nitrogens with zero attached hydrogens (tertiary/aromatic N) is 3. The number of rotatable bonds is 11. The quantitative estimate of drug-likeness (QED) is 0.261. The lowest BCUT2D eigenvalue weighted by molar-refractivity contribution is -0.121. The molecule has 3 N–H and O–H groups in total. The van der Waals surface area contributed by atoms with E-state index in [1.807, 2.05) is 54.7 Å². The Morgan fingerprint density at radius 2 is 1.83 bits per heavy atom. The van der Waals surface area contributed by atoms with Gasteiger partial charge in [-0.15, -0.1) is 5.10 Å². The molecular formula is C31H33FN6O3. The van der Waals surface area contributed by atoms with E-state index in [-0.39, 0.29) is 23.7 Å². The number of hydrogen-bond donors (Lipinski definition) is 3. The van der Waals surface area contributed by atoms with Gasteiger partial charge < -0.3 is 20.7 Å². The molecule has 1 aliphatic rings. The molecule has 2 amide bonds. The third-order valence-corrected chi connectivity index (χ3v) is 7.17. The van der Waals surface area contributed by atoms with Gasteiger partial charge in [0.25, 0.3) is 0 Å². The van der Waals surface area contributed by atoms with E-state index in [9.17, 15) is 9.59 Å². The maximum atomic E-state index is 15.1. The van der Waals surface area contributed by atoms with Gasteiger partial charge in [0.05, 0.1) is 31.5 Å². The molecule has 1 fully saturated rings. The second-order valence-electron chi connectivity index (χ2n) is 10.2. The maximum absolute atomic E-state index is 15.1. The van der Waals surface area contributed by atoms with Gasteiger partial charge in [-0.3, -0.25) is 9.59 Å². The van der Waals surface area contributed by atoms with Crippen LogP contribution >= 0.6 is 0 Å². The van der Waals surface area contributed by atoms with Gasteiger partial charge >= 0.3 is 0 Å². The van der Waals surface area contributed by atoms with Crippen molar-refractivity contribution >= 4 is 11.8 Å². The van der Waals surface area contributed by atoms with Crippen molar-refractivity contribution in [2.24, 2.45) is 0 Å². The molecule has 0 bridgehead atoms.